The number of methoxy groups -OCH3 is 1. The van der Waals surface area contributed by atoms with E-state index in [4.69, 9.17) is 10.5 Å². The highest BCUT2D eigenvalue weighted by Gasteiger charge is 2.06. The monoisotopic (exact) mass is 207 g/mol. The van der Waals surface area contributed by atoms with Gasteiger partial charge in [-0.3, -0.25) is 0 Å². The summed E-state index contributed by atoms with van der Waals surface area (Å²) >= 11 is 0. The summed E-state index contributed by atoms with van der Waals surface area (Å²) in [5, 5.41) is 0. The average Bonchev–Trinajstić information content (AvgIpc) is 2.25. The third kappa shape index (κ3) is 3.33. The van der Waals surface area contributed by atoms with Crippen LogP contribution >= 0.6 is 0 Å². The predicted octanol–water partition coefficient (Wildman–Crippen LogP) is 2.21. The lowest BCUT2D eigenvalue weighted by atomic mass is 9.98. The first kappa shape index (κ1) is 12.2. The van der Waals surface area contributed by atoms with Crippen molar-refractivity contribution >= 4 is 0 Å². The molecule has 1 unspecified atom stereocenters. The van der Waals surface area contributed by atoms with Gasteiger partial charge < -0.3 is 10.5 Å². The van der Waals surface area contributed by atoms with Crippen molar-refractivity contribution in [2.24, 2.45) is 5.73 Å². The lowest BCUT2D eigenvalue weighted by molar-refractivity contribution is 0.102. The normalized spacial score (nSPS) is 12.8. The van der Waals surface area contributed by atoms with Crippen LogP contribution in [0.4, 0.5) is 0 Å². The Balaban J connectivity index is 2.61. The highest BCUT2D eigenvalue weighted by molar-refractivity contribution is 5.33. The van der Waals surface area contributed by atoms with Crippen LogP contribution in [-0.2, 0) is 11.2 Å². The topological polar surface area (TPSA) is 35.2 Å². The van der Waals surface area contributed by atoms with Crippen molar-refractivity contribution in [3.05, 3.63) is 34.9 Å². The molecule has 0 aliphatic rings. The van der Waals surface area contributed by atoms with Crippen molar-refractivity contribution in [2.75, 3.05) is 13.7 Å². The van der Waals surface area contributed by atoms with Gasteiger partial charge in [-0.05, 0) is 43.4 Å². The van der Waals surface area contributed by atoms with E-state index in [1.807, 2.05) is 0 Å². The summed E-state index contributed by atoms with van der Waals surface area (Å²) in [6.07, 6.45) is 2.23. The lowest BCUT2D eigenvalue weighted by Crippen LogP contribution is -2.22. The first-order chi connectivity index (χ1) is 7.19. The lowest BCUT2D eigenvalue weighted by Gasteiger charge is -2.14. The number of aryl methyl sites for hydroxylation is 2. The Morgan fingerprint density at radius 3 is 2.67 bits per heavy atom. The van der Waals surface area contributed by atoms with Crippen LogP contribution in [0, 0.1) is 13.8 Å². The van der Waals surface area contributed by atoms with Gasteiger partial charge in [0.15, 0.2) is 0 Å². The molecule has 0 saturated heterocycles. The molecule has 1 aromatic carbocycles. The quantitative estimate of drug-likeness (QED) is 0.803. The van der Waals surface area contributed by atoms with E-state index in [0.717, 1.165) is 12.8 Å². The number of hydrogen-bond acceptors (Lipinski definition) is 2. The van der Waals surface area contributed by atoms with E-state index in [2.05, 4.69) is 32.0 Å². The Morgan fingerprint density at radius 2 is 2.07 bits per heavy atom. The minimum absolute atomic E-state index is 0.185. The molecule has 0 saturated carbocycles. The van der Waals surface area contributed by atoms with Crippen LogP contribution in [0.3, 0.4) is 0 Å². The first-order valence-electron chi connectivity index (χ1n) is 5.47. The molecule has 1 aromatic rings. The van der Waals surface area contributed by atoms with E-state index in [9.17, 15) is 0 Å². The number of benzene rings is 1. The van der Waals surface area contributed by atoms with E-state index < -0.39 is 0 Å². The van der Waals surface area contributed by atoms with Crippen LogP contribution in [0.15, 0.2) is 18.2 Å². The predicted molar refractivity (Wildman–Crippen MR) is 64.1 cm³/mol. The Labute approximate surface area is 92.4 Å². The van der Waals surface area contributed by atoms with E-state index in [1.54, 1.807) is 7.11 Å². The van der Waals surface area contributed by atoms with E-state index in [-0.39, 0.29) is 6.10 Å². The van der Waals surface area contributed by atoms with Gasteiger partial charge in [-0.25, -0.2) is 0 Å². The van der Waals surface area contributed by atoms with Gasteiger partial charge in [0.2, 0.25) is 0 Å². The molecule has 2 heteroatoms. The van der Waals surface area contributed by atoms with Crippen LogP contribution in [-0.4, -0.2) is 19.8 Å². The van der Waals surface area contributed by atoms with Gasteiger partial charge in [-0.1, -0.05) is 18.2 Å². The minimum Gasteiger partial charge on any atom is -0.380 e. The largest absolute Gasteiger partial charge is 0.380 e. The molecule has 2 nitrogen and oxygen atoms in total. The summed E-state index contributed by atoms with van der Waals surface area (Å²) in [6, 6.07) is 6.45. The fourth-order valence-electron chi connectivity index (χ4n) is 1.73. The Bertz CT molecular complexity index is 305. The third-order valence-electron chi connectivity index (χ3n) is 3.05. The second-order valence-corrected chi connectivity index (χ2v) is 3.99. The molecule has 1 atom stereocenters. The molecule has 0 aliphatic carbocycles. The molecule has 84 valence electrons. The fraction of sp³-hybridized carbons (Fsp3) is 0.538. The van der Waals surface area contributed by atoms with Gasteiger partial charge in [0, 0.05) is 13.7 Å². The molecular formula is C13H21NO. The molecule has 0 heterocycles. The molecule has 0 bridgehead atoms. The van der Waals surface area contributed by atoms with Crippen molar-refractivity contribution in [1.29, 1.82) is 0 Å². The highest BCUT2D eigenvalue weighted by Crippen LogP contribution is 2.15. The van der Waals surface area contributed by atoms with Gasteiger partial charge in [-0.2, -0.15) is 0 Å². The molecule has 0 fully saturated rings. The Hall–Kier alpha value is -0.860. The summed E-state index contributed by atoms with van der Waals surface area (Å²) in [4.78, 5) is 0. The second kappa shape index (κ2) is 5.89. The highest BCUT2D eigenvalue weighted by atomic mass is 16.5. The van der Waals surface area contributed by atoms with E-state index in [1.165, 1.54) is 16.7 Å². The zero-order valence-corrected chi connectivity index (χ0v) is 9.92. The van der Waals surface area contributed by atoms with Crippen molar-refractivity contribution in [2.45, 2.75) is 32.8 Å². The van der Waals surface area contributed by atoms with Crippen LogP contribution in [0.2, 0.25) is 0 Å². The smallest absolute Gasteiger partial charge is 0.0696 e. The number of rotatable bonds is 5. The maximum Gasteiger partial charge on any atom is 0.0696 e. The van der Waals surface area contributed by atoms with Crippen LogP contribution < -0.4 is 5.73 Å². The summed E-state index contributed by atoms with van der Waals surface area (Å²) in [5.74, 6) is 0. The molecule has 0 spiro atoms. The number of ether oxygens (including phenoxy) is 1. The van der Waals surface area contributed by atoms with Gasteiger partial charge >= 0.3 is 0 Å². The van der Waals surface area contributed by atoms with Gasteiger partial charge in [0.25, 0.3) is 0 Å². The summed E-state index contributed by atoms with van der Waals surface area (Å²) < 4.78 is 5.27. The third-order valence-corrected chi connectivity index (χ3v) is 3.05. The SMILES string of the molecule is COC(CN)CCc1cccc(C)c1C. The van der Waals surface area contributed by atoms with Crippen molar-refractivity contribution < 1.29 is 4.74 Å². The van der Waals surface area contributed by atoms with Gasteiger partial charge in [0.1, 0.15) is 0 Å². The van der Waals surface area contributed by atoms with Gasteiger partial charge in [-0.15, -0.1) is 0 Å². The zero-order chi connectivity index (χ0) is 11.3. The fourth-order valence-corrected chi connectivity index (χ4v) is 1.73. The zero-order valence-electron chi connectivity index (χ0n) is 9.92. The van der Waals surface area contributed by atoms with Crippen molar-refractivity contribution in [3.8, 4) is 0 Å². The molecule has 0 amide bonds. The molecule has 15 heavy (non-hydrogen) atoms. The Morgan fingerprint density at radius 1 is 1.33 bits per heavy atom. The average molecular weight is 207 g/mol. The van der Waals surface area contributed by atoms with Crippen LogP contribution in [0.1, 0.15) is 23.1 Å². The summed E-state index contributed by atoms with van der Waals surface area (Å²) in [6.45, 7) is 4.92. The van der Waals surface area contributed by atoms with Crippen LogP contribution in [0.25, 0.3) is 0 Å². The van der Waals surface area contributed by atoms with E-state index >= 15 is 0 Å². The molecule has 1 rings (SSSR count). The molecule has 2 N–H and O–H groups in total. The summed E-state index contributed by atoms with van der Waals surface area (Å²) in [5.41, 5.74) is 9.75. The van der Waals surface area contributed by atoms with E-state index in [0.29, 0.717) is 6.54 Å². The molecule has 0 aliphatic heterocycles. The molecule has 0 aromatic heterocycles. The van der Waals surface area contributed by atoms with Crippen LogP contribution in [0.5, 0.6) is 0 Å². The number of nitrogens with two attached hydrogens (primary N) is 1. The maximum absolute atomic E-state index is 5.59. The standard InChI is InChI=1S/C13H21NO/c1-10-5-4-6-12(11(10)2)7-8-13(9-14)15-3/h4-6,13H,7-9,14H2,1-3H3. The summed E-state index contributed by atoms with van der Waals surface area (Å²) in [7, 11) is 1.72. The maximum atomic E-state index is 5.59. The second-order valence-electron chi connectivity index (χ2n) is 3.99. The minimum atomic E-state index is 0.185. The van der Waals surface area contributed by atoms with Crippen molar-refractivity contribution in [3.63, 3.8) is 0 Å². The van der Waals surface area contributed by atoms with Gasteiger partial charge in [0.05, 0.1) is 6.10 Å². The first-order valence-corrected chi connectivity index (χ1v) is 5.47. The molecule has 0 radical (unpaired) electrons. The Kier molecular flexibility index (Phi) is 4.79. The molecular weight excluding hydrogens is 186 g/mol. The van der Waals surface area contributed by atoms with Crippen molar-refractivity contribution in [1.82, 2.24) is 0 Å². The number of hydrogen-bond donors (Lipinski definition) is 1.